The molecule has 0 aliphatic rings. The molecular formula is C19H19N3O13S4. The van der Waals surface area contributed by atoms with Crippen LogP contribution < -0.4 is 5.32 Å². The van der Waals surface area contributed by atoms with Crippen LogP contribution in [0.5, 0.6) is 5.75 Å². The zero-order valence-electron chi connectivity index (χ0n) is 19.4. The molecule has 3 aromatic rings. The lowest BCUT2D eigenvalue weighted by Crippen LogP contribution is -2.15. The first-order valence-electron chi connectivity index (χ1n) is 10.2. The molecule has 0 saturated heterocycles. The predicted molar refractivity (Wildman–Crippen MR) is 135 cm³/mol. The van der Waals surface area contributed by atoms with Crippen molar-refractivity contribution in [1.29, 1.82) is 0 Å². The fourth-order valence-corrected chi connectivity index (χ4v) is 6.04. The molecule has 0 amide bonds. The average Bonchev–Trinajstić information content (AvgIpc) is 2.80. The van der Waals surface area contributed by atoms with E-state index in [-0.39, 0.29) is 27.0 Å². The van der Waals surface area contributed by atoms with E-state index in [2.05, 4.69) is 19.7 Å². The van der Waals surface area contributed by atoms with Gasteiger partial charge in [0.15, 0.2) is 15.6 Å². The van der Waals surface area contributed by atoms with Crippen LogP contribution in [0.1, 0.15) is 0 Å². The number of hydrogen-bond acceptors (Lipinski definition) is 13. The van der Waals surface area contributed by atoms with E-state index < -0.39 is 74.1 Å². The van der Waals surface area contributed by atoms with Crippen molar-refractivity contribution in [2.75, 3.05) is 24.7 Å². The Balaban J connectivity index is 2.14. The van der Waals surface area contributed by atoms with Gasteiger partial charge in [-0.25, -0.2) is 12.6 Å². The number of sulfone groups is 1. The van der Waals surface area contributed by atoms with Crippen molar-refractivity contribution in [2.45, 2.75) is 14.7 Å². The molecule has 0 unspecified atom stereocenters. The van der Waals surface area contributed by atoms with E-state index in [1.54, 1.807) is 0 Å². The van der Waals surface area contributed by atoms with Crippen molar-refractivity contribution in [3.63, 3.8) is 0 Å². The molecule has 0 fully saturated rings. The van der Waals surface area contributed by atoms with Crippen LogP contribution in [-0.2, 0) is 44.7 Å². The van der Waals surface area contributed by atoms with Gasteiger partial charge in [-0.1, -0.05) is 6.07 Å². The van der Waals surface area contributed by atoms with Gasteiger partial charge in [0.25, 0.3) is 20.2 Å². The van der Waals surface area contributed by atoms with Crippen molar-refractivity contribution < 1.29 is 56.6 Å². The van der Waals surface area contributed by atoms with Crippen LogP contribution in [0.25, 0.3) is 10.8 Å². The molecule has 0 radical (unpaired) electrons. The number of fused-ring (bicyclic) bond motifs is 1. The molecule has 16 nitrogen and oxygen atoms in total. The summed E-state index contributed by atoms with van der Waals surface area (Å²) in [6.45, 7) is -0.886. The van der Waals surface area contributed by atoms with Crippen LogP contribution in [0.3, 0.4) is 0 Å². The Morgan fingerprint density at radius 2 is 1.51 bits per heavy atom. The Bertz CT molecular complexity index is 1920. The summed E-state index contributed by atoms with van der Waals surface area (Å²) in [7, 11) is -17.5. The molecule has 0 heterocycles. The second-order valence-corrected chi connectivity index (χ2v) is 13.6. The van der Waals surface area contributed by atoms with E-state index in [0.29, 0.717) is 0 Å². The normalized spacial score (nSPS) is 13.2. The Morgan fingerprint density at radius 3 is 2.08 bits per heavy atom. The zero-order chi connectivity index (χ0) is 29.4. The largest absolute Gasteiger partial charge is 0.505 e. The van der Waals surface area contributed by atoms with E-state index in [1.807, 2.05) is 0 Å². The molecule has 0 aliphatic heterocycles. The van der Waals surface area contributed by atoms with Gasteiger partial charge in [0.1, 0.15) is 10.6 Å². The third kappa shape index (κ3) is 7.24. The number of azo groups is 1. The highest BCUT2D eigenvalue weighted by Gasteiger charge is 2.25. The molecule has 3 rings (SSSR count). The molecular weight excluding hydrogens is 606 g/mol. The number of hydrogen-bond donors (Lipinski definition) is 5. The number of rotatable bonds is 10. The monoisotopic (exact) mass is 625 g/mol. The second kappa shape index (κ2) is 10.7. The highest BCUT2D eigenvalue weighted by molar-refractivity contribution is 7.91. The molecule has 0 atom stereocenters. The van der Waals surface area contributed by atoms with Gasteiger partial charge in [-0.15, -0.1) is 5.11 Å². The minimum atomic E-state index is -5.10. The van der Waals surface area contributed by atoms with E-state index in [1.165, 1.54) is 19.2 Å². The SMILES string of the molecule is CNc1cc(S(=O)(=O)O)cc2cc(S(=O)(=O)O)c(N=Nc3cccc(S(=O)(=O)CCOS(=O)(=O)O)c3)c(O)c12. The molecule has 0 spiro atoms. The lowest BCUT2D eigenvalue weighted by atomic mass is 10.1. The number of nitrogens with one attached hydrogen (secondary N) is 1. The maximum atomic E-state index is 12.5. The summed E-state index contributed by atoms with van der Waals surface area (Å²) in [5.74, 6) is -1.70. The average molecular weight is 626 g/mol. The molecule has 0 aromatic heterocycles. The van der Waals surface area contributed by atoms with Gasteiger partial charge in [0.2, 0.25) is 0 Å². The van der Waals surface area contributed by atoms with Crippen LogP contribution in [0.15, 0.2) is 67.4 Å². The van der Waals surface area contributed by atoms with Crippen LogP contribution in [0.4, 0.5) is 17.1 Å². The molecule has 39 heavy (non-hydrogen) atoms. The fraction of sp³-hybridized carbons (Fsp3) is 0.158. The van der Waals surface area contributed by atoms with E-state index in [9.17, 15) is 47.9 Å². The number of nitrogens with zero attached hydrogens (tertiary/aromatic N) is 2. The van der Waals surface area contributed by atoms with Gasteiger partial charge < -0.3 is 10.4 Å². The van der Waals surface area contributed by atoms with Crippen LogP contribution in [-0.4, -0.2) is 71.8 Å². The highest BCUT2D eigenvalue weighted by atomic mass is 32.3. The highest BCUT2D eigenvalue weighted by Crippen LogP contribution is 2.45. The summed E-state index contributed by atoms with van der Waals surface area (Å²) in [6.07, 6.45) is 0. The lowest BCUT2D eigenvalue weighted by Gasteiger charge is -2.13. The van der Waals surface area contributed by atoms with Crippen LogP contribution in [0, 0.1) is 0 Å². The van der Waals surface area contributed by atoms with E-state index in [0.717, 1.165) is 30.3 Å². The number of phenols is 1. The summed E-state index contributed by atoms with van der Waals surface area (Å²) in [6, 6.07) is 7.17. The second-order valence-electron chi connectivity index (χ2n) is 7.61. The molecule has 212 valence electrons. The smallest absolute Gasteiger partial charge is 0.397 e. The summed E-state index contributed by atoms with van der Waals surface area (Å²) < 4.78 is 125. The molecule has 0 aliphatic carbocycles. The van der Waals surface area contributed by atoms with E-state index >= 15 is 0 Å². The topological polar surface area (TPSA) is 263 Å². The van der Waals surface area contributed by atoms with Crippen molar-refractivity contribution >= 4 is 68.3 Å². The minimum Gasteiger partial charge on any atom is -0.505 e. The number of aromatic hydroxyl groups is 1. The molecule has 5 N–H and O–H groups in total. The standard InChI is InChI=1S/C19H19N3O13S4/c1-20-15-10-14(37(26,27)28)7-11-8-16(38(29,30)31)18(19(23)17(11)15)22-21-12-3-2-4-13(9-12)36(24,25)6-5-35-39(32,33)34/h2-4,7-10,20,23H,5-6H2,1H3,(H,26,27,28)(H,29,30,31)(H,32,33,34). The first kappa shape index (κ1) is 30.3. The van der Waals surface area contributed by atoms with Gasteiger partial charge in [0.05, 0.1) is 27.8 Å². The molecule has 0 saturated carbocycles. The summed E-state index contributed by atoms with van der Waals surface area (Å²) >= 11 is 0. The molecule has 20 heteroatoms. The Morgan fingerprint density at radius 1 is 0.846 bits per heavy atom. The van der Waals surface area contributed by atoms with Crippen LogP contribution in [0.2, 0.25) is 0 Å². The Labute approximate surface area is 222 Å². The van der Waals surface area contributed by atoms with Crippen molar-refractivity contribution in [1.82, 2.24) is 0 Å². The van der Waals surface area contributed by atoms with Gasteiger partial charge in [-0.05, 0) is 41.8 Å². The third-order valence-electron chi connectivity index (χ3n) is 5.00. The maximum absolute atomic E-state index is 12.5. The van der Waals surface area contributed by atoms with Crippen molar-refractivity contribution in [2.24, 2.45) is 10.2 Å². The van der Waals surface area contributed by atoms with Gasteiger partial charge in [0, 0.05) is 18.1 Å². The summed E-state index contributed by atoms with van der Waals surface area (Å²) in [5, 5.41) is 20.5. The quantitative estimate of drug-likeness (QED) is 0.160. The van der Waals surface area contributed by atoms with Crippen molar-refractivity contribution in [3.8, 4) is 5.75 Å². The molecule has 0 bridgehead atoms. The zero-order valence-corrected chi connectivity index (χ0v) is 22.7. The van der Waals surface area contributed by atoms with Crippen LogP contribution >= 0.6 is 0 Å². The first-order chi connectivity index (χ1) is 17.8. The molecule has 3 aromatic carbocycles. The van der Waals surface area contributed by atoms with Gasteiger partial charge in [-0.3, -0.25) is 13.7 Å². The Hall–Kier alpha value is -3.24. The van der Waals surface area contributed by atoms with E-state index in [4.69, 9.17) is 4.55 Å². The number of benzene rings is 3. The summed E-state index contributed by atoms with van der Waals surface area (Å²) in [4.78, 5) is -2.00. The Kier molecular flexibility index (Phi) is 8.34. The van der Waals surface area contributed by atoms with Crippen molar-refractivity contribution in [3.05, 3.63) is 42.5 Å². The maximum Gasteiger partial charge on any atom is 0.397 e. The lowest BCUT2D eigenvalue weighted by molar-refractivity contribution is 0.284. The van der Waals surface area contributed by atoms with Gasteiger partial charge >= 0.3 is 10.4 Å². The fourth-order valence-electron chi connectivity index (χ4n) is 3.31. The predicted octanol–water partition coefficient (Wildman–Crippen LogP) is 2.09. The summed E-state index contributed by atoms with van der Waals surface area (Å²) in [5.41, 5.74) is -1.03. The minimum absolute atomic E-state index is 0.0730. The number of phenolic OH excluding ortho intramolecular Hbond substituents is 1. The third-order valence-corrected chi connectivity index (χ3v) is 8.83. The first-order valence-corrected chi connectivity index (χ1v) is 16.1. The number of anilines is 1. The van der Waals surface area contributed by atoms with Gasteiger partial charge in [-0.2, -0.15) is 30.4 Å².